The highest BCUT2D eigenvalue weighted by molar-refractivity contribution is 5.82. The van der Waals surface area contributed by atoms with Crippen LogP contribution in [-0.2, 0) is 0 Å². The Morgan fingerprint density at radius 1 is 1.05 bits per heavy atom. The number of anilines is 2. The molecule has 0 fully saturated rings. The normalized spacial score (nSPS) is 11.1. The molecule has 19 heavy (non-hydrogen) atoms. The molecule has 0 bridgehead atoms. The molecule has 1 aromatic carbocycles. The maximum Gasteiger partial charge on any atom is 0.140 e. The van der Waals surface area contributed by atoms with Gasteiger partial charge in [0.05, 0.1) is 0 Å². The summed E-state index contributed by atoms with van der Waals surface area (Å²) in [5.74, 6) is 1.36. The summed E-state index contributed by atoms with van der Waals surface area (Å²) in [6, 6.07) is 14.2. The Labute approximate surface area is 112 Å². The summed E-state index contributed by atoms with van der Waals surface area (Å²) < 4.78 is 0. The van der Waals surface area contributed by atoms with Crippen LogP contribution in [-0.4, -0.2) is 9.97 Å². The second kappa shape index (κ2) is 4.76. The van der Waals surface area contributed by atoms with Gasteiger partial charge in [0, 0.05) is 17.3 Å². The molecule has 3 rings (SSSR count). The molecule has 0 radical (unpaired) electrons. The van der Waals surface area contributed by atoms with Gasteiger partial charge in [-0.3, -0.25) is 0 Å². The van der Waals surface area contributed by atoms with Crippen molar-refractivity contribution in [3.8, 4) is 0 Å². The Kier molecular flexibility index (Phi) is 2.95. The maximum absolute atomic E-state index is 4.61. The fourth-order valence-electron chi connectivity index (χ4n) is 2.24. The minimum Gasteiger partial charge on any atom is -0.346 e. The van der Waals surface area contributed by atoms with Gasteiger partial charge in [-0.1, -0.05) is 32.0 Å². The van der Waals surface area contributed by atoms with E-state index in [0.717, 1.165) is 17.2 Å². The van der Waals surface area contributed by atoms with Crippen molar-refractivity contribution >= 4 is 22.5 Å². The molecule has 2 heterocycles. The highest BCUT2D eigenvalue weighted by Crippen LogP contribution is 2.25. The summed E-state index contributed by atoms with van der Waals surface area (Å²) in [4.78, 5) is 7.85. The van der Waals surface area contributed by atoms with E-state index in [1.54, 1.807) is 0 Å². The van der Waals surface area contributed by atoms with E-state index in [0.29, 0.717) is 5.92 Å². The average Bonchev–Trinajstić information content (AvgIpc) is 2.83. The molecular formula is C16H17N3. The van der Waals surface area contributed by atoms with Crippen LogP contribution in [0.4, 0.5) is 11.5 Å². The number of nitrogens with one attached hydrogen (secondary N) is 2. The molecule has 0 amide bonds. The van der Waals surface area contributed by atoms with Crippen LogP contribution in [0.2, 0.25) is 0 Å². The van der Waals surface area contributed by atoms with Crippen LogP contribution in [0.1, 0.15) is 25.3 Å². The molecule has 2 aromatic heterocycles. The number of aromatic nitrogens is 2. The van der Waals surface area contributed by atoms with E-state index in [4.69, 9.17) is 0 Å². The summed E-state index contributed by atoms with van der Waals surface area (Å²) in [5.41, 5.74) is 3.29. The van der Waals surface area contributed by atoms with Crippen LogP contribution in [0.15, 0.2) is 48.7 Å². The molecule has 0 saturated heterocycles. The third kappa shape index (κ3) is 2.32. The fraction of sp³-hybridized carbons (Fsp3) is 0.188. The van der Waals surface area contributed by atoms with Gasteiger partial charge in [0.2, 0.25) is 0 Å². The Morgan fingerprint density at radius 3 is 2.58 bits per heavy atom. The number of nitrogens with zero attached hydrogens (tertiary/aromatic N) is 1. The maximum atomic E-state index is 4.61. The molecule has 0 aliphatic carbocycles. The van der Waals surface area contributed by atoms with Gasteiger partial charge in [-0.2, -0.15) is 0 Å². The standard InChI is InChI=1S/C16H17N3/c1-11(2)14-10-17-16-13(14)8-9-15(19-16)18-12-6-4-3-5-7-12/h3-11H,1-2H3,(H2,17,18,19). The van der Waals surface area contributed by atoms with Crippen LogP contribution < -0.4 is 5.32 Å². The van der Waals surface area contributed by atoms with E-state index in [2.05, 4.69) is 41.4 Å². The average molecular weight is 251 g/mol. The largest absolute Gasteiger partial charge is 0.346 e. The van der Waals surface area contributed by atoms with Crippen molar-refractivity contribution in [1.29, 1.82) is 0 Å². The predicted molar refractivity (Wildman–Crippen MR) is 79.9 cm³/mol. The first-order chi connectivity index (χ1) is 9.24. The van der Waals surface area contributed by atoms with Gasteiger partial charge >= 0.3 is 0 Å². The number of rotatable bonds is 3. The van der Waals surface area contributed by atoms with Crippen LogP contribution in [0, 0.1) is 0 Å². The van der Waals surface area contributed by atoms with Crippen LogP contribution in [0.3, 0.4) is 0 Å². The number of hydrogen-bond donors (Lipinski definition) is 2. The monoisotopic (exact) mass is 251 g/mol. The lowest BCUT2D eigenvalue weighted by molar-refractivity contribution is 0.875. The number of H-pyrrole nitrogens is 1. The van der Waals surface area contributed by atoms with E-state index >= 15 is 0 Å². The number of benzene rings is 1. The molecule has 0 aliphatic rings. The topological polar surface area (TPSA) is 40.7 Å². The molecule has 0 spiro atoms. The third-order valence-electron chi connectivity index (χ3n) is 3.24. The van der Waals surface area contributed by atoms with Crippen molar-refractivity contribution < 1.29 is 0 Å². The molecule has 3 heteroatoms. The van der Waals surface area contributed by atoms with Gasteiger partial charge in [0.15, 0.2) is 0 Å². The van der Waals surface area contributed by atoms with E-state index in [1.807, 2.05) is 36.4 Å². The van der Waals surface area contributed by atoms with Gasteiger partial charge in [0.25, 0.3) is 0 Å². The molecule has 3 nitrogen and oxygen atoms in total. The summed E-state index contributed by atoms with van der Waals surface area (Å²) in [6.45, 7) is 4.39. The van der Waals surface area contributed by atoms with Crippen LogP contribution in [0.25, 0.3) is 11.0 Å². The van der Waals surface area contributed by atoms with Crippen molar-refractivity contribution in [2.45, 2.75) is 19.8 Å². The number of aromatic amines is 1. The quantitative estimate of drug-likeness (QED) is 0.723. The number of fused-ring (bicyclic) bond motifs is 1. The van der Waals surface area contributed by atoms with Crippen molar-refractivity contribution in [1.82, 2.24) is 9.97 Å². The van der Waals surface area contributed by atoms with E-state index in [-0.39, 0.29) is 0 Å². The second-order valence-electron chi connectivity index (χ2n) is 4.98. The molecular weight excluding hydrogens is 234 g/mol. The van der Waals surface area contributed by atoms with Gasteiger partial charge in [-0.15, -0.1) is 0 Å². The van der Waals surface area contributed by atoms with Crippen molar-refractivity contribution in [3.63, 3.8) is 0 Å². The molecule has 0 unspecified atom stereocenters. The van der Waals surface area contributed by atoms with Gasteiger partial charge in [-0.25, -0.2) is 4.98 Å². The highest BCUT2D eigenvalue weighted by Gasteiger charge is 2.08. The lowest BCUT2D eigenvalue weighted by atomic mass is 10.0. The number of para-hydroxylation sites is 1. The molecule has 3 aromatic rings. The second-order valence-corrected chi connectivity index (χ2v) is 4.98. The Balaban J connectivity index is 1.94. The summed E-state index contributed by atoms with van der Waals surface area (Å²) in [5, 5.41) is 4.51. The summed E-state index contributed by atoms with van der Waals surface area (Å²) >= 11 is 0. The zero-order chi connectivity index (χ0) is 13.2. The van der Waals surface area contributed by atoms with E-state index in [9.17, 15) is 0 Å². The Hall–Kier alpha value is -2.29. The van der Waals surface area contributed by atoms with Crippen LogP contribution in [0.5, 0.6) is 0 Å². The first-order valence-corrected chi connectivity index (χ1v) is 6.54. The SMILES string of the molecule is CC(C)c1c[nH]c2nc(Nc3ccccc3)ccc12. The van der Waals surface area contributed by atoms with E-state index in [1.165, 1.54) is 10.9 Å². The minimum absolute atomic E-state index is 0.503. The fourth-order valence-corrected chi connectivity index (χ4v) is 2.24. The van der Waals surface area contributed by atoms with Crippen molar-refractivity contribution in [2.75, 3.05) is 5.32 Å². The molecule has 96 valence electrons. The van der Waals surface area contributed by atoms with Crippen molar-refractivity contribution in [2.24, 2.45) is 0 Å². The molecule has 0 saturated carbocycles. The van der Waals surface area contributed by atoms with Gasteiger partial charge < -0.3 is 10.3 Å². The molecule has 0 aliphatic heterocycles. The molecule has 0 atom stereocenters. The van der Waals surface area contributed by atoms with Crippen molar-refractivity contribution in [3.05, 3.63) is 54.2 Å². The summed E-state index contributed by atoms with van der Waals surface area (Å²) in [6.07, 6.45) is 2.05. The Morgan fingerprint density at radius 2 is 1.84 bits per heavy atom. The lowest BCUT2D eigenvalue weighted by Gasteiger charge is -2.06. The smallest absolute Gasteiger partial charge is 0.140 e. The first kappa shape index (κ1) is 11.8. The number of hydrogen-bond acceptors (Lipinski definition) is 2. The zero-order valence-corrected chi connectivity index (χ0v) is 11.1. The minimum atomic E-state index is 0.503. The Bertz CT molecular complexity index is 684. The van der Waals surface area contributed by atoms with Gasteiger partial charge in [0.1, 0.15) is 11.5 Å². The summed E-state index contributed by atoms with van der Waals surface area (Å²) in [7, 11) is 0. The first-order valence-electron chi connectivity index (χ1n) is 6.54. The predicted octanol–water partition coefficient (Wildman–Crippen LogP) is 4.43. The van der Waals surface area contributed by atoms with Crippen LogP contribution >= 0.6 is 0 Å². The van der Waals surface area contributed by atoms with Gasteiger partial charge in [-0.05, 0) is 35.7 Å². The molecule has 2 N–H and O–H groups in total. The lowest BCUT2D eigenvalue weighted by Crippen LogP contribution is -1.93. The number of pyridine rings is 1. The third-order valence-corrected chi connectivity index (χ3v) is 3.24. The van der Waals surface area contributed by atoms with E-state index < -0.39 is 0 Å². The highest BCUT2D eigenvalue weighted by atomic mass is 15.0. The zero-order valence-electron chi connectivity index (χ0n) is 11.1.